The van der Waals surface area contributed by atoms with E-state index in [9.17, 15) is 0 Å². The van der Waals surface area contributed by atoms with Crippen molar-refractivity contribution >= 4 is 12.2 Å². The minimum Gasteiger partial charge on any atom is -0.342 e. The molecule has 4 nitrogen and oxygen atoms in total. The lowest BCUT2D eigenvalue weighted by Gasteiger charge is -2.05. The van der Waals surface area contributed by atoms with Gasteiger partial charge >= 0.3 is 0 Å². The van der Waals surface area contributed by atoms with Gasteiger partial charge in [-0.15, -0.1) is 0 Å². The summed E-state index contributed by atoms with van der Waals surface area (Å²) in [6.07, 6.45) is 2.80. The van der Waals surface area contributed by atoms with Gasteiger partial charge in [-0.05, 0) is 19.4 Å². The molecule has 0 bridgehead atoms. The van der Waals surface area contributed by atoms with Gasteiger partial charge in [-0.3, -0.25) is 4.68 Å². The van der Waals surface area contributed by atoms with E-state index in [1.54, 1.807) is 4.68 Å². The normalized spacial score (nSPS) is 10.7. The number of hydrogen-bond acceptors (Lipinski definition) is 3. The summed E-state index contributed by atoms with van der Waals surface area (Å²) in [6.45, 7) is 4.09. The van der Waals surface area contributed by atoms with Crippen molar-refractivity contribution in [1.29, 1.82) is 0 Å². The standard InChI is InChI=1S/C11H14N4S/c1-4-8-7(2)11(16)13-10(12-8)9-5-6-15(3)14-9/h5-6H,4H2,1-3H3,(H,12,13,16). The highest BCUT2D eigenvalue weighted by Gasteiger charge is 2.07. The molecule has 0 radical (unpaired) electrons. The van der Waals surface area contributed by atoms with Gasteiger partial charge in [-0.1, -0.05) is 19.1 Å². The number of hydrogen-bond donors (Lipinski definition) is 1. The number of nitrogens with zero attached hydrogens (tertiary/aromatic N) is 3. The molecule has 0 fully saturated rings. The predicted octanol–water partition coefficient (Wildman–Crippen LogP) is 2.41. The molecule has 0 aliphatic rings. The molecule has 0 saturated heterocycles. The van der Waals surface area contributed by atoms with Crippen LogP contribution in [0.4, 0.5) is 0 Å². The highest BCUT2D eigenvalue weighted by atomic mass is 32.1. The second-order valence-electron chi connectivity index (χ2n) is 3.72. The van der Waals surface area contributed by atoms with Crippen molar-refractivity contribution in [1.82, 2.24) is 19.7 Å². The summed E-state index contributed by atoms with van der Waals surface area (Å²) in [5, 5.41) is 4.30. The summed E-state index contributed by atoms with van der Waals surface area (Å²) in [4.78, 5) is 7.63. The number of aryl methyl sites for hydroxylation is 2. The number of nitrogens with one attached hydrogen (secondary N) is 1. The van der Waals surface area contributed by atoms with Crippen LogP contribution in [0.15, 0.2) is 12.3 Å². The van der Waals surface area contributed by atoms with Crippen LogP contribution in [0.3, 0.4) is 0 Å². The van der Waals surface area contributed by atoms with Crippen LogP contribution in [0, 0.1) is 11.6 Å². The third-order valence-electron chi connectivity index (χ3n) is 2.57. The van der Waals surface area contributed by atoms with Crippen LogP contribution in [0.1, 0.15) is 18.2 Å². The average molecular weight is 234 g/mol. The van der Waals surface area contributed by atoms with E-state index in [0.717, 1.165) is 29.2 Å². The van der Waals surface area contributed by atoms with E-state index in [-0.39, 0.29) is 0 Å². The minimum atomic E-state index is 0.649. The van der Waals surface area contributed by atoms with E-state index < -0.39 is 0 Å². The van der Waals surface area contributed by atoms with Crippen molar-refractivity contribution in [3.05, 3.63) is 28.2 Å². The van der Waals surface area contributed by atoms with Crippen molar-refractivity contribution in [3.63, 3.8) is 0 Å². The Kier molecular flexibility index (Phi) is 2.87. The lowest BCUT2D eigenvalue weighted by atomic mass is 10.2. The van der Waals surface area contributed by atoms with Crippen molar-refractivity contribution in [2.24, 2.45) is 7.05 Å². The number of H-pyrrole nitrogens is 1. The topological polar surface area (TPSA) is 46.5 Å². The molecule has 2 aromatic heterocycles. The van der Waals surface area contributed by atoms with Gasteiger partial charge in [-0.25, -0.2) is 4.98 Å². The Morgan fingerprint density at radius 2 is 2.25 bits per heavy atom. The van der Waals surface area contributed by atoms with Crippen LogP contribution >= 0.6 is 12.2 Å². The smallest absolute Gasteiger partial charge is 0.159 e. The molecule has 0 aliphatic carbocycles. The van der Waals surface area contributed by atoms with Crippen LogP contribution < -0.4 is 0 Å². The van der Waals surface area contributed by atoms with Crippen LogP contribution in [0.5, 0.6) is 0 Å². The maximum absolute atomic E-state index is 5.24. The third kappa shape index (κ3) is 1.90. The summed E-state index contributed by atoms with van der Waals surface area (Å²) in [5.41, 5.74) is 3.00. The summed E-state index contributed by atoms with van der Waals surface area (Å²) in [5.74, 6) is 0.744. The third-order valence-corrected chi connectivity index (χ3v) is 2.96. The van der Waals surface area contributed by atoms with E-state index in [4.69, 9.17) is 12.2 Å². The fraction of sp³-hybridized carbons (Fsp3) is 0.364. The first-order chi connectivity index (χ1) is 7.61. The summed E-state index contributed by atoms with van der Waals surface area (Å²) < 4.78 is 2.40. The Balaban J connectivity index is 2.59. The van der Waals surface area contributed by atoms with Gasteiger partial charge in [0, 0.05) is 24.5 Å². The van der Waals surface area contributed by atoms with E-state index in [0.29, 0.717) is 4.64 Å². The van der Waals surface area contributed by atoms with Crippen molar-refractivity contribution < 1.29 is 0 Å². The van der Waals surface area contributed by atoms with Crippen LogP contribution in [0.25, 0.3) is 11.5 Å². The molecule has 0 unspecified atom stereocenters. The SMILES string of the molecule is CCc1[nH]c(-c2ccn(C)n2)nc(=S)c1C. The maximum atomic E-state index is 5.24. The summed E-state index contributed by atoms with van der Waals surface area (Å²) in [7, 11) is 1.88. The lowest BCUT2D eigenvalue weighted by Crippen LogP contribution is -2.00. The van der Waals surface area contributed by atoms with Crippen molar-refractivity contribution in [2.75, 3.05) is 0 Å². The molecule has 84 valence electrons. The molecular weight excluding hydrogens is 220 g/mol. The Hall–Kier alpha value is -1.49. The fourth-order valence-electron chi connectivity index (χ4n) is 1.60. The molecule has 1 N–H and O–H groups in total. The largest absolute Gasteiger partial charge is 0.342 e. The number of rotatable bonds is 2. The quantitative estimate of drug-likeness (QED) is 0.812. The lowest BCUT2D eigenvalue weighted by molar-refractivity contribution is 0.767. The first-order valence-corrected chi connectivity index (χ1v) is 5.62. The van der Waals surface area contributed by atoms with Crippen molar-refractivity contribution in [2.45, 2.75) is 20.3 Å². The second-order valence-corrected chi connectivity index (χ2v) is 4.11. The van der Waals surface area contributed by atoms with Gasteiger partial charge in [0.05, 0.1) is 0 Å². The average Bonchev–Trinajstić information content (AvgIpc) is 2.69. The highest BCUT2D eigenvalue weighted by Crippen LogP contribution is 2.15. The Labute approximate surface area is 99.4 Å². The zero-order valence-corrected chi connectivity index (χ0v) is 10.4. The molecule has 0 atom stereocenters. The van der Waals surface area contributed by atoms with Crippen LogP contribution in [-0.4, -0.2) is 19.7 Å². The first kappa shape index (κ1) is 11.0. The molecular formula is C11H14N4S. The number of aromatic nitrogens is 4. The van der Waals surface area contributed by atoms with E-state index >= 15 is 0 Å². The van der Waals surface area contributed by atoms with Crippen molar-refractivity contribution in [3.8, 4) is 11.5 Å². The van der Waals surface area contributed by atoms with Crippen LogP contribution in [-0.2, 0) is 13.5 Å². The molecule has 2 aromatic rings. The molecule has 2 rings (SSSR count). The van der Waals surface area contributed by atoms with Gasteiger partial charge in [0.25, 0.3) is 0 Å². The molecule has 5 heteroatoms. The Morgan fingerprint density at radius 1 is 1.50 bits per heavy atom. The molecule has 0 spiro atoms. The zero-order valence-electron chi connectivity index (χ0n) is 9.61. The van der Waals surface area contributed by atoms with Gasteiger partial charge in [0.15, 0.2) is 5.82 Å². The monoisotopic (exact) mass is 234 g/mol. The van der Waals surface area contributed by atoms with Gasteiger partial charge in [-0.2, -0.15) is 5.10 Å². The zero-order chi connectivity index (χ0) is 11.7. The summed E-state index contributed by atoms with van der Waals surface area (Å²) >= 11 is 5.24. The summed E-state index contributed by atoms with van der Waals surface area (Å²) in [6, 6.07) is 1.92. The van der Waals surface area contributed by atoms with E-state index in [1.807, 2.05) is 26.2 Å². The molecule has 0 aromatic carbocycles. The second kappa shape index (κ2) is 4.17. The highest BCUT2D eigenvalue weighted by molar-refractivity contribution is 7.71. The van der Waals surface area contributed by atoms with E-state index in [1.165, 1.54) is 0 Å². The maximum Gasteiger partial charge on any atom is 0.159 e. The van der Waals surface area contributed by atoms with Gasteiger partial charge < -0.3 is 4.98 Å². The first-order valence-electron chi connectivity index (χ1n) is 5.21. The fourth-order valence-corrected chi connectivity index (χ4v) is 1.81. The Morgan fingerprint density at radius 3 is 2.81 bits per heavy atom. The van der Waals surface area contributed by atoms with Gasteiger partial charge in [0.1, 0.15) is 10.3 Å². The molecule has 16 heavy (non-hydrogen) atoms. The number of aromatic amines is 1. The molecule has 0 saturated carbocycles. The minimum absolute atomic E-state index is 0.649. The van der Waals surface area contributed by atoms with E-state index in [2.05, 4.69) is 22.0 Å². The molecule has 2 heterocycles. The van der Waals surface area contributed by atoms with Gasteiger partial charge in [0.2, 0.25) is 0 Å². The molecule has 0 amide bonds. The van der Waals surface area contributed by atoms with Crippen LogP contribution in [0.2, 0.25) is 0 Å². The molecule has 0 aliphatic heterocycles. The Bertz CT molecular complexity index is 568. The predicted molar refractivity (Wildman–Crippen MR) is 65.7 cm³/mol.